The van der Waals surface area contributed by atoms with Crippen LogP contribution in [0.4, 0.5) is 8.78 Å². The lowest BCUT2D eigenvalue weighted by Crippen LogP contribution is -2.14. The Morgan fingerprint density at radius 1 is 1.62 bits per heavy atom. The highest BCUT2D eigenvalue weighted by Crippen LogP contribution is 2.19. The number of H-pyrrole nitrogens is 1. The molecule has 0 aliphatic heterocycles. The molecular formula is C7H7BrF2N2O. The zero-order chi connectivity index (χ0) is 10.0. The van der Waals surface area contributed by atoms with Crippen molar-refractivity contribution in [2.75, 3.05) is 0 Å². The van der Waals surface area contributed by atoms with Gasteiger partial charge in [-0.25, -0.2) is 8.78 Å². The van der Waals surface area contributed by atoms with Gasteiger partial charge in [-0.2, -0.15) is 0 Å². The van der Waals surface area contributed by atoms with Crippen molar-refractivity contribution in [2.45, 2.75) is 13.0 Å². The summed E-state index contributed by atoms with van der Waals surface area (Å²) < 4.78 is 24.5. The number of nitrogens with two attached hydrogens (primary N) is 1. The maximum Gasteiger partial charge on any atom is 0.278 e. The number of alkyl halides is 2. The molecule has 0 saturated heterocycles. The topological polar surface area (TPSA) is 58.9 Å². The summed E-state index contributed by atoms with van der Waals surface area (Å²) in [6, 6.07) is 1.18. The first kappa shape index (κ1) is 10.3. The van der Waals surface area contributed by atoms with Crippen LogP contribution in [-0.2, 0) is 6.54 Å². The number of hydrogen-bond acceptors (Lipinski definition) is 2. The molecule has 1 aromatic heterocycles. The third-order valence-electron chi connectivity index (χ3n) is 1.52. The van der Waals surface area contributed by atoms with Crippen LogP contribution in [0, 0.1) is 0 Å². The highest BCUT2D eigenvalue weighted by atomic mass is 79.9. The van der Waals surface area contributed by atoms with E-state index in [0.717, 1.165) is 0 Å². The highest BCUT2D eigenvalue weighted by Gasteiger charge is 2.12. The molecule has 72 valence electrons. The average molecular weight is 253 g/mol. The van der Waals surface area contributed by atoms with Crippen LogP contribution in [0.2, 0.25) is 0 Å². The molecule has 3 nitrogen and oxygen atoms in total. The largest absolute Gasteiger partial charge is 0.326 e. The van der Waals surface area contributed by atoms with Gasteiger partial charge in [-0.1, -0.05) is 0 Å². The lowest BCUT2D eigenvalue weighted by molar-refractivity contribution is 0.145. The first-order valence-corrected chi connectivity index (χ1v) is 4.25. The van der Waals surface area contributed by atoms with Crippen molar-refractivity contribution in [1.82, 2.24) is 4.98 Å². The molecule has 1 rings (SSSR count). The molecule has 6 heteroatoms. The average Bonchev–Trinajstić information content (AvgIpc) is 2.09. The van der Waals surface area contributed by atoms with Crippen LogP contribution in [0.1, 0.15) is 17.7 Å². The molecule has 0 aliphatic carbocycles. The lowest BCUT2D eigenvalue weighted by atomic mass is 10.2. The molecule has 1 heterocycles. The van der Waals surface area contributed by atoms with Crippen molar-refractivity contribution in [1.29, 1.82) is 0 Å². The van der Waals surface area contributed by atoms with Crippen molar-refractivity contribution >= 4 is 15.9 Å². The van der Waals surface area contributed by atoms with Crippen LogP contribution in [0.3, 0.4) is 0 Å². The molecule has 0 aliphatic rings. The second-order valence-corrected chi connectivity index (χ2v) is 3.19. The Bertz CT molecular complexity index is 364. The van der Waals surface area contributed by atoms with Gasteiger partial charge in [0, 0.05) is 6.54 Å². The standard InChI is InChI=1S/C7H7BrF2N2O/c8-5-3(2-11)1-4(6(9)10)12-7(5)13/h1,6H,2,11H2,(H,12,13). The van der Waals surface area contributed by atoms with E-state index in [2.05, 4.69) is 15.9 Å². The summed E-state index contributed by atoms with van der Waals surface area (Å²) in [4.78, 5) is 13.1. The molecule has 1 aromatic rings. The van der Waals surface area contributed by atoms with E-state index in [4.69, 9.17) is 5.73 Å². The minimum absolute atomic E-state index is 0.0459. The summed E-state index contributed by atoms with van der Waals surface area (Å²) >= 11 is 2.95. The quantitative estimate of drug-likeness (QED) is 0.839. The van der Waals surface area contributed by atoms with Gasteiger partial charge in [0.25, 0.3) is 12.0 Å². The molecule has 0 bridgehead atoms. The van der Waals surface area contributed by atoms with E-state index >= 15 is 0 Å². The van der Waals surface area contributed by atoms with Gasteiger partial charge >= 0.3 is 0 Å². The van der Waals surface area contributed by atoms with Crippen LogP contribution in [0.5, 0.6) is 0 Å². The molecule has 0 fully saturated rings. The zero-order valence-electron chi connectivity index (χ0n) is 6.48. The van der Waals surface area contributed by atoms with Gasteiger partial charge < -0.3 is 10.7 Å². The van der Waals surface area contributed by atoms with Gasteiger partial charge in [0.05, 0.1) is 10.2 Å². The number of aromatic nitrogens is 1. The fourth-order valence-corrected chi connectivity index (χ4v) is 1.26. The second-order valence-electron chi connectivity index (χ2n) is 2.40. The number of pyridine rings is 1. The first-order valence-electron chi connectivity index (χ1n) is 3.46. The summed E-state index contributed by atoms with van der Waals surface area (Å²) in [5, 5.41) is 0. The fraction of sp³-hybridized carbons (Fsp3) is 0.286. The number of hydrogen-bond donors (Lipinski definition) is 2. The Balaban J connectivity index is 3.31. The Kier molecular flexibility index (Phi) is 3.16. The number of rotatable bonds is 2. The monoisotopic (exact) mass is 252 g/mol. The SMILES string of the molecule is NCc1cc(C(F)F)[nH]c(=O)c1Br. The van der Waals surface area contributed by atoms with Crippen molar-refractivity contribution in [3.63, 3.8) is 0 Å². The van der Waals surface area contributed by atoms with Crippen molar-refractivity contribution in [3.8, 4) is 0 Å². The molecule has 0 unspecified atom stereocenters. The molecule has 0 radical (unpaired) electrons. The van der Waals surface area contributed by atoms with Crippen LogP contribution in [-0.4, -0.2) is 4.98 Å². The maximum atomic E-state index is 12.2. The predicted molar refractivity (Wildman–Crippen MR) is 47.6 cm³/mol. The first-order chi connectivity index (χ1) is 6.06. The maximum absolute atomic E-state index is 12.2. The number of nitrogens with one attached hydrogen (secondary N) is 1. The Morgan fingerprint density at radius 2 is 2.23 bits per heavy atom. The summed E-state index contributed by atoms with van der Waals surface area (Å²) in [7, 11) is 0. The number of halogens is 3. The molecular weight excluding hydrogens is 246 g/mol. The van der Waals surface area contributed by atoms with Gasteiger partial charge in [-0.3, -0.25) is 4.79 Å². The Hall–Kier alpha value is -0.750. The molecule has 0 saturated carbocycles. The minimum atomic E-state index is -2.69. The van der Waals surface area contributed by atoms with Gasteiger partial charge in [-0.15, -0.1) is 0 Å². The fourth-order valence-electron chi connectivity index (χ4n) is 0.885. The molecule has 3 N–H and O–H groups in total. The van der Waals surface area contributed by atoms with E-state index in [1.54, 1.807) is 0 Å². The summed E-state index contributed by atoms with van der Waals surface area (Å²) in [6.45, 7) is 0.0459. The summed E-state index contributed by atoms with van der Waals surface area (Å²) in [6.07, 6.45) is -2.69. The minimum Gasteiger partial charge on any atom is -0.326 e. The molecule has 0 amide bonds. The summed E-state index contributed by atoms with van der Waals surface area (Å²) in [5.74, 6) is 0. The zero-order valence-corrected chi connectivity index (χ0v) is 8.07. The Labute approximate surface area is 81.1 Å². The highest BCUT2D eigenvalue weighted by molar-refractivity contribution is 9.10. The predicted octanol–water partition coefficient (Wildman–Crippen LogP) is 1.53. The Morgan fingerprint density at radius 3 is 2.69 bits per heavy atom. The molecule has 0 aromatic carbocycles. The van der Waals surface area contributed by atoms with Crippen LogP contribution in [0.25, 0.3) is 0 Å². The van der Waals surface area contributed by atoms with Gasteiger partial charge in [0.2, 0.25) is 0 Å². The van der Waals surface area contributed by atoms with E-state index < -0.39 is 17.7 Å². The smallest absolute Gasteiger partial charge is 0.278 e. The summed E-state index contributed by atoms with van der Waals surface area (Å²) in [5.41, 5.74) is 4.64. The normalized spacial score (nSPS) is 10.8. The van der Waals surface area contributed by atoms with Gasteiger partial charge in [0.15, 0.2) is 0 Å². The third kappa shape index (κ3) is 2.13. The van der Waals surface area contributed by atoms with E-state index in [1.807, 2.05) is 4.98 Å². The second kappa shape index (κ2) is 3.97. The molecule has 0 spiro atoms. The van der Waals surface area contributed by atoms with E-state index in [-0.39, 0.29) is 11.0 Å². The van der Waals surface area contributed by atoms with E-state index in [9.17, 15) is 13.6 Å². The van der Waals surface area contributed by atoms with Gasteiger partial charge in [0.1, 0.15) is 0 Å². The van der Waals surface area contributed by atoms with E-state index in [0.29, 0.717) is 5.56 Å². The van der Waals surface area contributed by atoms with Gasteiger partial charge in [-0.05, 0) is 27.6 Å². The van der Waals surface area contributed by atoms with E-state index in [1.165, 1.54) is 6.07 Å². The molecule has 13 heavy (non-hydrogen) atoms. The van der Waals surface area contributed by atoms with Crippen molar-refractivity contribution < 1.29 is 8.78 Å². The number of aromatic amines is 1. The van der Waals surface area contributed by atoms with Crippen LogP contribution >= 0.6 is 15.9 Å². The van der Waals surface area contributed by atoms with Crippen LogP contribution in [0.15, 0.2) is 15.3 Å². The molecule has 0 atom stereocenters. The van der Waals surface area contributed by atoms with Crippen molar-refractivity contribution in [2.24, 2.45) is 5.73 Å². The van der Waals surface area contributed by atoms with Crippen molar-refractivity contribution in [3.05, 3.63) is 32.2 Å². The van der Waals surface area contributed by atoms with Crippen LogP contribution < -0.4 is 11.3 Å². The third-order valence-corrected chi connectivity index (χ3v) is 2.39. The lowest BCUT2D eigenvalue weighted by Gasteiger charge is -2.04.